The molecule has 9 heteroatoms. The van der Waals surface area contributed by atoms with Crippen molar-refractivity contribution < 1.29 is 13.5 Å². The summed E-state index contributed by atoms with van der Waals surface area (Å²) >= 11 is 7.23. The molecule has 2 N–H and O–H groups in total. The fourth-order valence-electron chi connectivity index (χ4n) is 1.73. The third kappa shape index (κ3) is 3.15. The number of hydrogen-bond donors (Lipinski definition) is 2. The van der Waals surface area contributed by atoms with E-state index in [-0.39, 0.29) is 28.7 Å². The minimum absolute atomic E-state index is 0.0109. The second-order valence-corrected chi connectivity index (χ2v) is 8.14. The molecule has 0 fully saturated rings. The van der Waals surface area contributed by atoms with Crippen molar-refractivity contribution in [1.29, 1.82) is 0 Å². The van der Waals surface area contributed by atoms with Crippen molar-refractivity contribution >= 4 is 37.9 Å². The lowest BCUT2D eigenvalue weighted by molar-refractivity contribution is 0.213. The molecule has 2 heterocycles. The molecular weight excluding hydrogens is 322 g/mol. The highest BCUT2D eigenvalue weighted by Gasteiger charge is 2.27. The van der Waals surface area contributed by atoms with Crippen LogP contribution < -0.4 is 4.72 Å². The number of fused-ring (bicyclic) bond motifs is 1. The van der Waals surface area contributed by atoms with Crippen LogP contribution in [0.5, 0.6) is 0 Å². The van der Waals surface area contributed by atoms with Gasteiger partial charge in [-0.2, -0.15) is 0 Å². The Balaban J connectivity index is 2.27. The van der Waals surface area contributed by atoms with Crippen LogP contribution in [0, 0.1) is 5.41 Å². The highest BCUT2D eigenvalue weighted by atomic mass is 35.5. The van der Waals surface area contributed by atoms with Gasteiger partial charge in [-0.3, -0.25) is 4.40 Å². The van der Waals surface area contributed by atoms with Gasteiger partial charge in [0.05, 0.1) is 0 Å². The molecule has 112 valence electrons. The summed E-state index contributed by atoms with van der Waals surface area (Å²) in [5, 5.41) is 10.6. The molecule has 0 saturated carbocycles. The van der Waals surface area contributed by atoms with Crippen LogP contribution in [0.4, 0.5) is 0 Å². The lowest BCUT2D eigenvalue weighted by Crippen LogP contribution is -2.35. The van der Waals surface area contributed by atoms with Crippen LogP contribution in [0.15, 0.2) is 16.6 Å². The number of imidazole rings is 1. The molecule has 2 aromatic heterocycles. The molecular formula is C11H16ClN3O3S2. The summed E-state index contributed by atoms with van der Waals surface area (Å²) in [6.07, 6.45) is 2.12. The van der Waals surface area contributed by atoms with Gasteiger partial charge in [0.25, 0.3) is 10.0 Å². The Morgan fingerprint density at radius 2 is 2.25 bits per heavy atom. The summed E-state index contributed by atoms with van der Waals surface area (Å²) < 4.78 is 28.7. The number of hydrogen-bond acceptors (Lipinski definition) is 5. The first-order valence-corrected chi connectivity index (χ1v) is 8.72. The maximum absolute atomic E-state index is 12.4. The summed E-state index contributed by atoms with van der Waals surface area (Å²) in [6, 6.07) is 0. The van der Waals surface area contributed by atoms with Gasteiger partial charge in [0.15, 0.2) is 15.1 Å². The summed E-state index contributed by atoms with van der Waals surface area (Å²) in [5.74, 6) is 0. The van der Waals surface area contributed by atoms with E-state index < -0.39 is 10.0 Å². The number of rotatable bonds is 6. The standard InChI is InChI=1S/C11H16ClN3O3S2/c1-11(2,3-5-16)7-13-20(17,18)9-8(12)14-10-15(9)4-6-19-10/h4,6,13,16H,3,5,7H2,1-2H3. The predicted molar refractivity (Wildman–Crippen MR) is 78.8 cm³/mol. The second kappa shape index (κ2) is 5.61. The zero-order chi connectivity index (χ0) is 15.0. The van der Waals surface area contributed by atoms with Crippen molar-refractivity contribution in [2.75, 3.05) is 13.2 Å². The smallest absolute Gasteiger partial charge is 0.259 e. The molecule has 0 aliphatic heterocycles. The van der Waals surface area contributed by atoms with E-state index in [4.69, 9.17) is 16.7 Å². The third-order valence-electron chi connectivity index (χ3n) is 2.96. The normalized spacial score (nSPS) is 13.2. The molecule has 0 aliphatic rings. The number of nitrogens with one attached hydrogen (secondary N) is 1. The molecule has 0 radical (unpaired) electrons. The van der Waals surface area contributed by atoms with Crippen molar-refractivity contribution in [2.24, 2.45) is 5.41 Å². The molecule has 6 nitrogen and oxygen atoms in total. The second-order valence-electron chi connectivity index (χ2n) is 5.23. The fourth-order valence-corrected chi connectivity index (χ4v) is 4.42. The lowest BCUT2D eigenvalue weighted by Gasteiger charge is -2.23. The SMILES string of the molecule is CC(C)(CCO)CNS(=O)(=O)c1c(Cl)nc2sccn12. The highest BCUT2D eigenvalue weighted by Crippen LogP contribution is 2.26. The molecule has 0 amide bonds. The maximum atomic E-state index is 12.4. The number of nitrogens with zero attached hydrogens (tertiary/aromatic N) is 2. The van der Waals surface area contributed by atoms with Gasteiger partial charge in [0, 0.05) is 24.7 Å². The Morgan fingerprint density at radius 3 is 2.90 bits per heavy atom. The summed E-state index contributed by atoms with van der Waals surface area (Å²) in [5.41, 5.74) is -0.341. The van der Waals surface area contributed by atoms with Crippen molar-refractivity contribution in [3.8, 4) is 0 Å². The first kappa shape index (κ1) is 15.7. The van der Waals surface area contributed by atoms with Crippen LogP contribution in [0.25, 0.3) is 4.96 Å². The molecule has 0 spiro atoms. The van der Waals surface area contributed by atoms with Gasteiger partial charge in [0.1, 0.15) is 0 Å². The van der Waals surface area contributed by atoms with Gasteiger partial charge in [-0.15, -0.1) is 11.3 Å². The van der Waals surface area contributed by atoms with Crippen LogP contribution >= 0.6 is 22.9 Å². The lowest BCUT2D eigenvalue weighted by atomic mass is 9.90. The van der Waals surface area contributed by atoms with E-state index in [1.807, 2.05) is 13.8 Å². The van der Waals surface area contributed by atoms with E-state index in [9.17, 15) is 8.42 Å². The number of thiazole rings is 1. The van der Waals surface area contributed by atoms with Gasteiger partial charge in [-0.05, 0) is 11.8 Å². The number of aliphatic hydroxyl groups is 1. The third-order valence-corrected chi connectivity index (χ3v) is 5.52. The van der Waals surface area contributed by atoms with Crippen LogP contribution in [0.2, 0.25) is 5.15 Å². The molecule has 0 bridgehead atoms. The molecule has 0 atom stereocenters. The highest BCUT2D eigenvalue weighted by molar-refractivity contribution is 7.89. The van der Waals surface area contributed by atoms with E-state index in [1.54, 1.807) is 11.6 Å². The van der Waals surface area contributed by atoms with E-state index in [2.05, 4.69) is 9.71 Å². The van der Waals surface area contributed by atoms with Gasteiger partial charge in [-0.1, -0.05) is 25.4 Å². The van der Waals surface area contributed by atoms with Gasteiger partial charge in [0.2, 0.25) is 0 Å². The Bertz CT molecular complexity index is 706. The molecule has 0 aromatic carbocycles. The number of sulfonamides is 1. The average molecular weight is 338 g/mol. The van der Waals surface area contributed by atoms with Crippen molar-refractivity contribution in [1.82, 2.24) is 14.1 Å². The quantitative estimate of drug-likeness (QED) is 0.841. The van der Waals surface area contributed by atoms with Gasteiger partial charge < -0.3 is 5.11 Å². The van der Waals surface area contributed by atoms with Crippen molar-refractivity contribution in [3.63, 3.8) is 0 Å². The van der Waals surface area contributed by atoms with E-state index in [1.165, 1.54) is 15.7 Å². The van der Waals surface area contributed by atoms with Crippen molar-refractivity contribution in [3.05, 3.63) is 16.7 Å². The largest absolute Gasteiger partial charge is 0.396 e. The topological polar surface area (TPSA) is 83.7 Å². The minimum atomic E-state index is -3.75. The number of aromatic nitrogens is 2. The van der Waals surface area contributed by atoms with E-state index in [0.717, 1.165) is 0 Å². The van der Waals surface area contributed by atoms with Crippen LogP contribution in [0.3, 0.4) is 0 Å². The first-order chi connectivity index (χ1) is 9.27. The fraction of sp³-hybridized carbons (Fsp3) is 0.545. The maximum Gasteiger partial charge on any atom is 0.259 e. The van der Waals surface area contributed by atoms with Crippen LogP contribution in [-0.4, -0.2) is 36.1 Å². The molecule has 0 aliphatic carbocycles. The van der Waals surface area contributed by atoms with Crippen LogP contribution in [0.1, 0.15) is 20.3 Å². The predicted octanol–water partition coefficient (Wildman–Crippen LogP) is 1.74. The molecule has 2 aromatic rings. The Labute approximate surface area is 126 Å². The number of halogens is 1. The van der Waals surface area contributed by atoms with E-state index in [0.29, 0.717) is 11.4 Å². The van der Waals surface area contributed by atoms with E-state index >= 15 is 0 Å². The van der Waals surface area contributed by atoms with Gasteiger partial charge >= 0.3 is 0 Å². The molecule has 2 rings (SSSR count). The summed E-state index contributed by atoms with van der Waals surface area (Å²) in [4.78, 5) is 4.54. The zero-order valence-electron chi connectivity index (χ0n) is 11.1. The Hall–Kier alpha value is -0.670. The minimum Gasteiger partial charge on any atom is -0.396 e. The van der Waals surface area contributed by atoms with Crippen LogP contribution in [-0.2, 0) is 10.0 Å². The number of aliphatic hydroxyl groups excluding tert-OH is 1. The average Bonchev–Trinajstić information content (AvgIpc) is 2.86. The zero-order valence-corrected chi connectivity index (χ0v) is 13.5. The molecule has 20 heavy (non-hydrogen) atoms. The summed E-state index contributed by atoms with van der Waals surface area (Å²) in [7, 11) is -3.75. The Kier molecular flexibility index (Phi) is 4.41. The first-order valence-electron chi connectivity index (χ1n) is 5.98. The summed E-state index contributed by atoms with van der Waals surface area (Å²) in [6.45, 7) is 3.98. The van der Waals surface area contributed by atoms with Gasteiger partial charge in [-0.25, -0.2) is 18.1 Å². The van der Waals surface area contributed by atoms with Crippen molar-refractivity contribution in [2.45, 2.75) is 25.3 Å². The monoisotopic (exact) mass is 337 g/mol. The molecule has 0 unspecified atom stereocenters. The Morgan fingerprint density at radius 1 is 1.55 bits per heavy atom. The molecule has 0 saturated heterocycles.